The molecule has 0 fully saturated rings. The number of sulfonamides is 1. The van der Waals surface area contributed by atoms with E-state index in [2.05, 4.69) is 5.32 Å². The van der Waals surface area contributed by atoms with Crippen molar-refractivity contribution in [2.75, 3.05) is 6.54 Å². The van der Waals surface area contributed by atoms with Gasteiger partial charge in [0.05, 0.1) is 4.90 Å². The molecule has 2 aromatic rings. The van der Waals surface area contributed by atoms with Crippen LogP contribution in [-0.4, -0.2) is 15.0 Å². The molecule has 3 N–H and O–H groups in total. The summed E-state index contributed by atoms with van der Waals surface area (Å²) in [6.45, 7) is 1.40. The van der Waals surface area contributed by atoms with Crippen LogP contribution in [-0.2, 0) is 23.0 Å². The van der Waals surface area contributed by atoms with Crippen molar-refractivity contribution in [3.05, 3.63) is 65.5 Å². The van der Waals surface area contributed by atoms with Gasteiger partial charge in [0.15, 0.2) is 0 Å². The fraction of sp³-hybridized carbons (Fsp3) is 0.200. The van der Waals surface area contributed by atoms with Crippen LogP contribution < -0.4 is 10.5 Å². The van der Waals surface area contributed by atoms with Crippen LogP contribution >= 0.6 is 0 Å². The molecule has 0 bridgehead atoms. The van der Waals surface area contributed by atoms with E-state index in [1.807, 2.05) is 0 Å². The fourth-order valence-corrected chi connectivity index (χ4v) is 2.43. The molecule has 0 aliphatic carbocycles. The SMILES string of the molecule is NS(=O)(=O)c1ccc(CCNCc2ccc(F)cc2)cc1. The molecule has 2 rings (SSSR count). The van der Waals surface area contributed by atoms with Gasteiger partial charge < -0.3 is 5.32 Å². The van der Waals surface area contributed by atoms with E-state index in [4.69, 9.17) is 5.14 Å². The van der Waals surface area contributed by atoms with Gasteiger partial charge in [0, 0.05) is 6.54 Å². The molecular formula is C15H17FN2O2S. The Morgan fingerprint density at radius 2 is 1.52 bits per heavy atom. The molecule has 0 amide bonds. The predicted molar refractivity (Wildman–Crippen MR) is 79.6 cm³/mol. The molecule has 112 valence electrons. The smallest absolute Gasteiger partial charge is 0.238 e. The van der Waals surface area contributed by atoms with E-state index in [0.717, 1.165) is 24.1 Å². The molecule has 4 nitrogen and oxygen atoms in total. The maximum Gasteiger partial charge on any atom is 0.238 e. The van der Waals surface area contributed by atoms with E-state index >= 15 is 0 Å². The third-order valence-corrected chi connectivity index (χ3v) is 4.01. The van der Waals surface area contributed by atoms with Crippen LogP contribution in [0.25, 0.3) is 0 Å². The summed E-state index contributed by atoms with van der Waals surface area (Å²) >= 11 is 0. The van der Waals surface area contributed by atoms with Gasteiger partial charge in [-0.05, 0) is 48.4 Å². The highest BCUT2D eigenvalue weighted by Crippen LogP contribution is 2.09. The molecule has 6 heteroatoms. The second-order valence-electron chi connectivity index (χ2n) is 4.74. The number of benzene rings is 2. The van der Waals surface area contributed by atoms with Crippen molar-refractivity contribution in [1.82, 2.24) is 5.32 Å². The minimum Gasteiger partial charge on any atom is -0.312 e. The Morgan fingerprint density at radius 3 is 2.10 bits per heavy atom. The first-order chi connectivity index (χ1) is 9.95. The molecule has 0 atom stereocenters. The average molecular weight is 308 g/mol. The number of primary sulfonamides is 1. The Kier molecular flexibility index (Phi) is 5.06. The first kappa shape index (κ1) is 15.6. The van der Waals surface area contributed by atoms with Gasteiger partial charge in [-0.3, -0.25) is 0 Å². The minimum atomic E-state index is -3.63. The monoisotopic (exact) mass is 308 g/mol. The second-order valence-corrected chi connectivity index (χ2v) is 6.30. The third kappa shape index (κ3) is 4.93. The van der Waals surface area contributed by atoms with Crippen molar-refractivity contribution in [2.24, 2.45) is 5.14 Å². The molecule has 0 spiro atoms. The standard InChI is InChI=1S/C15H17FN2O2S/c16-14-5-1-13(2-6-14)11-18-10-9-12-3-7-15(8-4-12)21(17,19)20/h1-8,18H,9-11H2,(H2,17,19,20). The Bertz CT molecular complexity index is 683. The van der Waals surface area contributed by atoms with Gasteiger partial charge in [-0.15, -0.1) is 0 Å². The molecule has 0 aromatic heterocycles. The highest BCUT2D eigenvalue weighted by atomic mass is 32.2. The van der Waals surface area contributed by atoms with Crippen molar-refractivity contribution in [3.63, 3.8) is 0 Å². The topological polar surface area (TPSA) is 72.2 Å². The number of rotatable bonds is 6. The molecule has 0 saturated heterocycles. The zero-order valence-electron chi connectivity index (χ0n) is 11.4. The first-order valence-electron chi connectivity index (χ1n) is 6.52. The molecule has 21 heavy (non-hydrogen) atoms. The Hall–Kier alpha value is -1.76. The maximum atomic E-state index is 12.7. The average Bonchev–Trinajstić information content (AvgIpc) is 2.45. The number of nitrogens with one attached hydrogen (secondary N) is 1. The van der Waals surface area contributed by atoms with E-state index in [1.165, 1.54) is 24.3 Å². The summed E-state index contributed by atoms with van der Waals surface area (Å²) < 4.78 is 35.0. The van der Waals surface area contributed by atoms with Crippen LogP contribution in [0.15, 0.2) is 53.4 Å². The van der Waals surface area contributed by atoms with Gasteiger partial charge in [0.2, 0.25) is 10.0 Å². The molecule has 0 aliphatic rings. The van der Waals surface area contributed by atoms with Crippen molar-refractivity contribution >= 4 is 10.0 Å². The molecule has 2 aromatic carbocycles. The Labute approximate surface area is 123 Å². The highest BCUT2D eigenvalue weighted by Gasteiger charge is 2.06. The van der Waals surface area contributed by atoms with Crippen LogP contribution in [0.4, 0.5) is 4.39 Å². The lowest BCUT2D eigenvalue weighted by Gasteiger charge is -2.06. The van der Waals surface area contributed by atoms with Crippen molar-refractivity contribution in [1.29, 1.82) is 0 Å². The highest BCUT2D eigenvalue weighted by molar-refractivity contribution is 7.89. The van der Waals surface area contributed by atoms with Crippen LogP contribution in [0.1, 0.15) is 11.1 Å². The summed E-state index contributed by atoms with van der Waals surface area (Å²) in [6, 6.07) is 12.9. The van der Waals surface area contributed by atoms with Crippen LogP contribution in [0.3, 0.4) is 0 Å². The van der Waals surface area contributed by atoms with E-state index < -0.39 is 10.0 Å². The van der Waals surface area contributed by atoms with Crippen molar-refractivity contribution < 1.29 is 12.8 Å². The largest absolute Gasteiger partial charge is 0.312 e. The van der Waals surface area contributed by atoms with Crippen LogP contribution in [0.2, 0.25) is 0 Å². The number of nitrogens with two attached hydrogens (primary N) is 1. The molecular weight excluding hydrogens is 291 g/mol. The summed E-state index contributed by atoms with van der Waals surface area (Å²) in [5, 5.41) is 8.29. The van der Waals surface area contributed by atoms with Crippen molar-refractivity contribution in [2.45, 2.75) is 17.9 Å². The quantitative estimate of drug-likeness (QED) is 0.799. The molecule has 0 radical (unpaired) electrons. The fourth-order valence-electron chi connectivity index (χ4n) is 1.91. The third-order valence-electron chi connectivity index (χ3n) is 3.08. The van der Waals surface area contributed by atoms with Gasteiger partial charge in [-0.2, -0.15) is 0 Å². The van der Waals surface area contributed by atoms with Crippen LogP contribution in [0, 0.1) is 5.82 Å². The lowest BCUT2D eigenvalue weighted by Crippen LogP contribution is -2.17. The van der Waals surface area contributed by atoms with Gasteiger partial charge >= 0.3 is 0 Å². The summed E-state index contributed by atoms with van der Waals surface area (Å²) in [7, 11) is -3.63. The normalized spacial score (nSPS) is 11.5. The Morgan fingerprint density at radius 1 is 0.952 bits per heavy atom. The number of hydrogen-bond donors (Lipinski definition) is 2. The van der Waals surface area contributed by atoms with Crippen molar-refractivity contribution in [3.8, 4) is 0 Å². The van der Waals surface area contributed by atoms with E-state index in [-0.39, 0.29) is 10.7 Å². The predicted octanol–water partition coefficient (Wildman–Crippen LogP) is 1.81. The summed E-state index contributed by atoms with van der Waals surface area (Å²) in [5.41, 5.74) is 2.04. The Balaban J connectivity index is 1.80. The van der Waals surface area contributed by atoms with Crippen LogP contribution in [0.5, 0.6) is 0 Å². The lowest BCUT2D eigenvalue weighted by molar-refractivity contribution is 0.597. The zero-order valence-corrected chi connectivity index (χ0v) is 12.2. The van der Waals surface area contributed by atoms with Gasteiger partial charge in [0.1, 0.15) is 5.82 Å². The van der Waals surface area contributed by atoms with Gasteiger partial charge in [-0.25, -0.2) is 17.9 Å². The summed E-state index contributed by atoms with van der Waals surface area (Å²) in [5.74, 6) is -0.242. The zero-order chi connectivity index (χ0) is 15.3. The number of halogens is 1. The number of hydrogen-bond acceptors (Lipinski definition) is 3. The maximum absolute atomic E-state index is 12.7. The second kappa shape index (κ2) is 6.80. The van der Waals surface area contributed by atoms with Gasteiger partial charge in [0.25, 0.3) is 0 Å². The van der Waals surface area contributed by atoms with E-state index in [9.17, 15) is 12.8 Å². The molecule has 0 saturated carbocycles. The van der Waals surface area contributed by atoms with E-state index in [1.54, 1.807) is 24.3 Å². The summed E-state index contributed by atoms with van der Waals surface area (Å²) in [6.07, 6.45) is 0.770. The lowest BCUT2D eigenvalue weighted by atomic mass is 10.1. The molecule has 0 unspecified atom stereocenters. The summed E-state index contributed by atoms with van der Waals surface area (Å²) in [4.78, 5) is 0.116. The first-order valence-corrected chi connectivity index (χ1v) is 8.07. The van der Waals surface area contributed by atoms with E-state index in [0.29, 0.717) is 6.54 Å². The molecule has 0 aliphatic heterocycles. The minimum absolute atomic E-state index is 0.116. The van der Waals surface area contributed by atoms with Gasteiger partial charge in [-0.1, -0.05) is 24.3 Å². The molecule has 0 heterocycles.